The zero-order valence-electron chi connectivity index (χ0n) is 13.1. The molecule has 1 N–H and O–H groups in total. The van der Waals surface area contributed by atoms with Crippen LogP contribution in [-0.2, 0) is 0 Å². The van der Waals surface area contributed by atoms with Gasteiger partial charge in [-0.25, -0.2) is 0 Å². The molecular weight excluding hydrogens is 230 g/mol. The van der Waals surface area contributed by atoms with Crippen LogP contribution < -0.4 is 5.32 Å². The van der Waals surface area contributed by atoms with Gasteiger partial charge in [-0.2, -0.15) is 0 Å². The number of rotatable bonds is 5. The van der Waals surface area contributed by atoms with E-state index in [9.17, 15) is 0 Å². The van der Waals surface area contributed by atoms with Crippen molar-refractivity contribution < 1.29 is 0 Å². The van der Waals surface area contributed by atoms with Crippen LogP contribution in [0.15, 0.2) is 30.3 Å². The van der Waals surface area contributed by atoms with Crippen LogP contribution in [0.5, 0.6) is 0 Å². The summed E-state index contributed by atoms with van der Waals surface area (Å²) in [6.45, 7) is 12.8. The smallest absolute Gasteiger partial charge is 0.00104 e. The lowest BCUT2D eigenvalue weighted by molar-refractivity contribution is 0.197. The molecule has 19 heavy (non-hydrogen) atoms. The summed E-state index contributed by atoms with van der Waals surface area (Å²) in [6.07, 6.45) is 1.37. The van der Waals surface area contributed by atoms with E-state index in [2.05, 4.69) is 70.3 Å². The second kappa shape index (κ2) is 5.66. The Morgan fingerprint density at radius 1 is 1.16 bits per heavy atom. The molecule has 1 aliphatic carbocycles. The van der Waals surface area contributed by atoms with Gasteiger partial charge >= 0.3 is 0 Å². The normalized spacial score (nSPS) is 24.5. The minimum absolute atomic E-state index is 0.385. The van der Waals surface area contributed by atoms with Crippen molar-refractivity contribution in [2.45, 2.75) is 53.0 Å². The van der Waals surface area contributed by atoms with E-state index < -0.39 is 0 Å². The van der Waals surface area contributed by atoms with E-state index in [1.54, 1.807) is 0 Å². The van der Waals surface area contributed by atoms with E-state index in [1.165, 1.54) is 12.0 Å². The highest BCUT2D eigenvalue weighted by Crippen LogP contribution is 2.55. The zero-order chi connectivity index (χ0) is 14.0. The molecule has 0 heterocycles. The maximum Gasteiger partial charge on any atom is 0.00104 e. The summed E-state index contributed by atoms with van der Waals surface area (Å²) in [4.78, 5) is 0. The Hall–Kier alpha value is -0.820. The third-order valence-corrected chi connectivity index (χ3v) is 4.44. The molecule has 1 aliphatic rings. The van der Waals surface area contributed by atoms with E-state index in [-0.39, 0.29) is 0 Å². The molecule has 1 nitrogen and oxygen atoms in total. The lowest BCUT2D eigenvalue weighted by Crippen LogP contribution is -2.36. The number of hydrogen-bond donors (Lipinski definition) is 1. The Kier molecular flexibility index (Phi) is 4.35. The van der Waals surface area contributed by atoms with Crippen molar-refractivity contribution >= 4 is 0 Å². The van der Waals surface area contributed by atoms with Crippen molar-refractivity contribution in [2.75, 3.05) is 6.54 Å². The van der Waals surface area contributed by atoms with Crippen molar-refractivity contribution in [1.29, 1.82) is 0 Å². The van der Waals surface area contributed by atoms with Gasteiger partial charge in [-0.15, -0.1) is 0 Å². The summed E-state index contributed by atoms with van der Waals surface area (Å²) < 4.78 is 0. The van der Waals surface area contributed by atoms with Crippen molar-refractivity contribution in [3.05, 3.63) is 35.9 Å². The first-order chi connectivity index (χ1) is 8.89. The van der Waals surface area contributed by atoms with E-state index in [0.29, 0.717) is 11.5 Å². The van der Waals surface area contributed by atoms with Gasteiger partial charge in [-0.3, -0.25) is 0 Å². The highest BCUT2D eigenvalue weighted by atomic mass is 14.9. The molecule has 0 bridgehead atoms. The fraction of sp³-hybridized carbons (Fsp3) is 0.667. The Bertz CT molecular complexity index is 388. The summed E-state index contributed by atoms with van der Waals surface area (Å²) in [5.74, 6) is 2.41. The molecule has 1 aromatic rings. The number of nitrogens with one attached hydrogen (secondary N) is 1. The first-order valence-electron chi connectivity index (χ1n) is 7.68. The maximum atomic E-state index is 3.65. The van der Waals surface area contributed by atoms with Gasteiger partial charge < -0.3 is 5.32 Å². The average molecular weight is 259 g/mol. The molecule has 0 radical (unpaired) electrons. The van der Waals surface area contributed by atoms with Gasteiger partial charge in [0.15, 0.2) is 0 Å². The topological polar surface area (TPSA) is 12.0 Å². The predicted molar refractivity (Wildman–Crippen MR) is 83.4 cm³/mol. The molecule has 0 saturated heterocycles. The lowest BCUT2D eigenvalue weighted by atomic mass is 9.76. The first kappa shape index (κ1) is 14.6. The molecular formula is C18H29N. The molecule has 106 valence electrons. The van der Waals surface area contributed by atoms with Crippen molar-refractivity contribution in [3.8, 4) is 0 Å². The molecule has 0 spiro atoms. The molecule has 2 rings (SSSR count). The zero-order valence-corrected chi connectivity index (χ0v) is 13.1. The Morgan fingerprint density at radius 3 is 2.32 bits per heavy atom. The molecule has 1 fully saturated rings. The summed E-state index contributed by atoms with van der Waals surface area (Å²) in [6, 6.07) is 11.6. The molecule has 0 aromatic heterocycles. The standard InChI is InChI=1S/C18H29N/c1-13(2)19-12-17(18(3,4)5)16-11-15(16)14-9-7-6-8-10-14/h6-10,13,15-17,19H,11-12H2,1-5H3. The summed E-state index contributed by atoms with van der Waals surface area (Å²) >= 11 is 0. The molecule has 3 unspecified atom stereocenters. The summed E-state index contributed by atoms with van der Waals surface area (Å²) in [5, 5.41) is 3.65. The summed E-state index contributed by atoms with van der Waals surface area (Å²) in [7, 11) is 0. The minimum atomic E-state index is 0.385. The van der Waals surface area contributed by atoms with Gasteiger partial charge in [0, 0.05) is 6.04 Å². The maximum absolute atomic E-state index is 3.65. The monoisotopic (exact) mass is 259 g/mol. The van der Waals surface area contributed by atoms with E-state index in [0.717, 1.165) is 24.3 Å². The first-order valence-corrected chi connectivity index (χ1v) is 7.68. The molecule has 1 aromatic carbocycles. The third-order valence-electron chi connectivity index (χ3n) is 4.44. The van der Waals surface area contributed by atoms with Crippen LogP contribution in [-0.4, -0.2) is 12.6 Å². The largest absolute Gasteiger partial charge is 0.314 e. The van der Waals surface area contributed by atoms with Crippen LogP contribution in [0.2, 0.25) is 0 Å². The fourth-order valence-corrected chi connectivity index (χ4v) is 3.21. The number of benzene rings is 1. The van der Waals surface area contributed by atoms with E-state index in [4.69, 9.17) is 0 Å². The third kappa shape index (κ3) is 3.82. The number of hydrogen-bond acceptors (Lipinski definition) is 1. The van der Waals surface area contributed by atoms with Crippen LogP contribution >= 0.6 is 0 Å². The second-order valence-corrected chi connectivity index (χ2v) is 7.45. The Morgan fingerprint density at radius 2 is 1.79 bits per heavy atom. The Labute approximate surface area is 118 Å². The van der Waals surface area contributed by atoms with Crippen molar-refractivity contribution in [1.82, 2.24) is 5.32 Å². The van der Waals surface area contributed by atoms with Gasteiger partial charge in [0.2, 0.25) is 0 Å². The lowest BCUT2D eigenvalue weighted by Gasteiger charge is -2.32. The minimum Gasteiger partial charge on any atom is -0.314 e. The second-order valence-electron chi connectivity index (χ2n) is 7.45. The Balaban J connectivity index is 2.02. The van der Waals surface area contributed by atoms with Gasteiger partial charge in [0.1, 0.15) is 0 Å². The van der Waals surface area contributed by atoms with E-state index in [1.807, 2.05) is 0 Å². The average Bonchev–Trinajstić information content (AvgIpc) is 3.08. The molecule has 1 heteroatoms. The van der Waals surface area contributed by atoms with Gasteiger partial charge in [0.05, 0.1) is 0 Å². The quantitative estimate of drug-likeness (QED) is 0.823. The van der Waals surface area contributed by atoms with Crippen molar-refractivity contribution in [3.63, 3.8) is 0 Å². The van der Waals surface area contributed by atoms with Crippen LogP contribution in [0.4, 0.5) is 0 Å². The molecule has 0 aliphatic heterocycles. The van der Waals surface area contributed by atoms with Gasteiger partial charge in [-0.05, 0) is 41.7 Å². The van der Waals surface area contributed by atoms with Crippen LogP contribution in [0.25, 0.3) is 0 Å². The van der Waals surface area contributed by atoms with Gasteiger partial charge in [0.25, 0.3) is 0 Å². The van der Waals surface area contributed by atoms with Crippen LogP contribution in [0, 0.1) is 17.3 Å². The van der Waals surface area contributed by atoms with Gasteiger partial charge in [-0.1, -0.05) is 65.0 Å². The highest BCUT2D eigenvalue weighted by Gasteiger charge is 2.47. The fourth-order valence-electron chi connectivity index (χ4n) is 3.21. The van der Waals surface area contributed by atoms with Crippen LogP contribution in [0.3, 0.4) is 0 Å². The molecule has 3 atom stereocenters. The van der Waals surface area contributed by atoms with E-state index >= 15 is 0 Å². The molecule has 1 saturated carbocycles. The highest BCUT2D eigenvalue weighted by molar-refractivity contribution is 5.26. The predicted octanol–water partition coefficient (Wildman–Crippen LogP) is 4.45. The SMILES string of the molecule is CC(C)NCC(C1CC1c1ccccc1)C(C)(C)C. The molecule has 0 amide bonds. The van der Waals surface area contributed by atoms with Crippen LogP contribution in [0.1, 0.15) is 52.5 Å². The van der Waals surface area contributed by atoms with Crippen molar-refractivity contribution in [2.24, 2.45) is 17.3 Å². The summed E-state index contributed by atoms with van der Waals surface area (Å²) in [5.41, 5.74) is 1.92.